The van der Waals surface area contributed by atoms with E-state index in [0.717, 1.165) is 17.7 Å². The number of amides is 1. The average molecular weight is 248 g/mol. The molecule has 1 amide bonds. The summed E-state index contributed by atoms with van der Waals surface area (Å²) < 4.78 is 0. The summed E-state index contributed by atoms with van der Waals surface area (Å²) in [7, 11) is 0. The van der Waals surface area contributed by atoms with Gasteiger partial charge in [-0.05, 0) is 42.3 Å². The van der Waals surface area contributed by atoms with Crippen molar-refractivity contribution in [2.45, 2.75) is 6.42 Å². The molecule has 0 N–H and O–H groups in total. The SMILES string of the molecule is N#Cc1ccc2c(c1)CCN2C(=O)c1ccccc1. The van der Waals surface area contributed by atoms with Crippen LogP contribution in [0.1, 0.15) is 21.5 Å². The quantitative estimate of drug-likeness (QED) is 0.778. The molecule has 3 rings (SSSR count). The van der Waals surface area contributed by atoms with Crippen LogP contribution in [0.4, 0.5) is 5.69 Å². The molecule has 2 aromatic rings. The fraction of sp³-hybridized carbons (Fsp3) is 0.125. The minimum atomic E-state index is 0.0176. The highest BCUT2D eigenvalue weighted by Gasteiger charge is 2.25. The standard InChI is InChI=1S/C16H12N2O/c17-11-12-6-7-15-14(10-12)8-9-18(15)16(19)13-4-2-1-3-5-13/h1-7,10H,8-9H2. The van der Waals surface area contributed by atoms with Crippen molar-refractivity contribution in [3.05, 3.63) is 65.2 Å². The zero-order valence-electron chi connectivity index (χ0n) is 10.3. The average Bonchev–Trinajstić information content (AvgIpc) is 2.90. The second-order valence-electron chi connectivity index (χ2n) is 4.53. The Morgan fingerprint density at radius 2 is 1.95 bits per heavy atom. The van der Waals surface area contributed by atoms with Gasteiger partial charge in [0.25, 0.3) is 5.91 Å². The maximum absolute atomic E-state index is 12.4. The lowest BCUT2D eigenvalue weighted by molar-refractivity contribution is 0.0989. The number of carbonyl (C=O) groups is 1. The minimum absolute atomic E-state index is 0.0176. The molecule has 1 aliphatic rings. The van der Waals surface area contributed by atoms with Crippen molar-refractivity contribution in [2.75, 3.05) is 11.4 Å². The van der Waals surface area contributed by atoms with E-state index in [0.29, 0.717) is 17.7 Å². The van der Waals surface area contributed by atoms with Crippen LogP contribution in [0.2, 0.25) is 0 Å². The first-order valence-corrected chi connectivity index (χ1v) is 6.19. The Kier molecular flexibility index (Phi) is 2.77. The van der Waals surface area contributed by atoms with Gasteiger partial charge in [0.1, 0.15) is 0 Å². The minimum Gasteiger partial charge on any atom is -0.308 e. The summed E-state index contributed by atoms with van der Waals surface area (Å²) in [5.74, 6) is 0.0176. The maximum Gasteiger partial charge on any atom is 0.258 e. The molecule has 0 spiro atoms. The molecule has 0 radical (unpaired) electrons. The number of hydrogen-bond acceptors (Lipinski definition) is 2. The van der Waals surface area contributed by atoms with Crippen molar-refractivity contribution < 1.29 is 4.79 Å². The van der Waals surface area contributed by atoms with Crippen molar-refractivity contribution in [3.8, 4) is 6.07 Å². The fourth-order valence-electron chi connectivity index (χ4n) is 2.42. The lowest BCUT2D eigenvalue weighted by Crippen LogP contribution is -2.28. The van der Waals surface area contributed by atoms with E-state index in [4.69, 9.17) is 5.26 Å². The first-order valence-electron chi connectivity index (χ1n) is 6.19. The van der Waals surface area contributed by atoms with E-state index in [9.17, 15) is 4.79 Å². The molecular weight excluding hydrogens is 236 g/mol. The van der Waals surface area contributed by atoms with Gasteiger partial charge >= 0.3 is 0 Å². The molecule has 0 aromatic heterocycles. The van der Waals surface area contributed by atoms with Crippen molar-refractivity contribution in [1.82, 2.24) is 0 Å². The molecule has 0 bridgehead atoms. The molecule has 2 aromatic carbocycles. The van der Waals surface area contributed by atoms with Gasteiger partial charge in [0.2, 0.25) is 0 Å². The van der Waals surface area contributed by atoms with Gasteiger partial charge in [0, 0.05) is 17.8 Å². The Labute approximate surface area is 111 Å². The highest BCUT2D eigenvalue weighted by atomic mass is 16.2. The van der Waals surface area contributed by atoms with Crippen LogP contribution in [0.15, 0.2) is 48.5 Å². The molecule has 3 nitrogen and oxygen atoms in total. The van der Waals surface area contributed by atoms with Crippen LogP contribution in [-0.4, -0.2) is 12.5 Å². The third kappa shape index (κ3) is 1.98. The van der Waals surface area contributed by atoms with Crippen LogP contribution >= 0.6 is 0 Å². The Hall–Kier alpha value is -2.60. The maximum atomic E-state index is 12.4. The van der Waals surface area contributed by atoms with Crippen LogP contribution in [0, 0.1) is 11.3 Å². The molecule has 3 heteroatoms. The van der Waals surface area contributed by atoms with Crippen molar-refractivity contribution in [2.24, 2.45) is 0 Å². The first kappa shape index (κ1) is 11.5. The predicted molar refractivity (Wildman–Crippen MR) is 73.0 cm³/mol. The third-order valence-corrected chi connectivity index (χ3v) is 3.37. The molecule has 0 saturated heterocycles. The Morgan fingerprint density at radius 3 is 2.68 bits per heavy atom. The van der Waals surface area contributed by atoms with Gasteiger partial charge < -0.3 is 4.90 Å². The van der Waals surface area contributed by atoms with Gasteiger partial charge in [-0.2, -0.15) is 5.26 Å². The largest absolute Gasteiger partial charge is 0.308 e. The number of rotatable bonds is 1. The van der Waals surface area contributed by atoms with Crippen LogP contribution in [0.3, 0.4) is 0 Å². The number of anilines is 1. The Balaban J connectivity index is 1.95. The molecule has 0 fully saturated rings. The van der Waals surface area contributed by atoms with E-state index in [1.165, 1.54) is 0 Å². The number of nitriles is 1. The summed E-state index contributed by atoms with van der Waals surface area (Å²) >= 11 is 0. The Bertz CT molecular complexity index is 671. The van der Waals surface area contributed by atoms with Gasteiger partial charge in [-0.3, -0.25) is 4.79 Å². The highest BCUT2D eigenvalue weighted by Crippen LogP contribution is 2.29. The molecule has 1 aliphatic heterocycles. The Morgan fingerprint density at radius 1 is 1.16 bits per heavy atom. The lowest BCUT2D eigenvalue weighted by Gasteiger charge is -2.17. The highest BCUT2D eigenvalue weighted by molar-refractivity contribution is 6.07. The topological polar surface area (TPSA) is 44.1 Å². The zero-order chi connectivity index (χ0) is 13.2. The van der Waals surface area contributed by atoms with Crippen LogP contribution in [0.5, 0.6) is 0 Å². The van der Waals surface area contributed by atoms with E-state index >= 15 is 0 Å². The summed E-state index contributed by atoms with van der Waals surface area (Å²) in [5, 5.41) is 8.89. The van der Waals surface area contributed by atoms with Crippen LogP contribution < -0.4 is 4.90 Å². The second kappa shape index (κ2) is 4.58. The monoisotopic (exact) mass is 248 g/mol. The number of carbonyl (C=O) groups excluding carboxylic acids is 1. The summed E-state index contributed by atoms with van der Waals surface area (Å²) in [4.78, 5) is 14.2. The van der Waals surface area contributed by atoms with E-state index < -0.39 is 0 Å². The number of benzene rings is 2. The predicted octanol–water partition coefficient (Wildman–Crippen LogP) is 2.76. The van der Waals surface area contributed by atoms with Crippen LogP contribution in [-0.2, 0) is 6.42 Å². The van der Waals surface area contributed by atoms with Gasteiger partial charge in [0.15, 0.2) is 0 Å². The van der Waals surface area contributed by atoms with Crippen molar-refractivity contribution in [1.29, 1.82) is 5.26 Å². The zero-order valence-corrected chi connectivity index (χ0v) is 10.3. The third-order valence-electron chi connectivity index (χ3n) is 3.37. The van der Waals surface area contributed by atoms with Gasteiger partial charge in [-0.1, -0.05) is 18.2 Å². The first-order chi connectivity index (χ1) is 9.29. The normalized spacial score (nSPS) is 12.9. The van der Waals surface area contributed by atoms with Crippen molar-refractivity contribution >= 4 is 11.6 Å². The fourth-order valence-corrected chi connectivity index (χ4v) is 2.42. The van der Waals surface area contributed by atoms with Gasteiger partial charge in [-0.15, -0.1) is 0 Å². The molecule has 0 aliphatic carbocycles. The lowest BCUT2D eigenvalue weighted by atomic mass is 10.1. The molecule has 0 saturated carbocycles. The molecule has 1 heterocycles. The van der Waals surface area contributed by atoms with Gasteiger partial charge in [-0.25, -0.2) is 0 Å². The number of nitrogens with zero attached hydrogens (tertiary/aromatic N) is 2. The number of fused-ring (bicyclic) bond motifs is 1. The van der Waals surface area contributed by atoms with E-state index in [1.54, 1.807) is 11.0 Å². The molecule has 92 valence electrons. The molecule has 0 unspecified atom stereocenters. The second-order valence-corrected chi connectivity index (χ2v) is 4.53. The van der Waals surface area contributed by atoms with Crippen molar-refractivity contribution in [3.63, 3.8) is 0 Å². The smallest absolute Gasteiger partial charge is 0.258 e. The molecule has 19 heavy (non-hydrogen) atoms. The summed E-state index contributed by atoms with van der Waals surface area (Å²) in [6.07, 6.45) is 0.809. The number of hydrogen-bond donors (Lipinski definition) is 0. The molecule has 0 atom stereocenters. The van der Waals surface area contributed by atoms with Crippen LogP contribution in [0.25, 0.3) is 0 Å². The van der Waals surface area contributed by atoms with E-state index in [2.05, 4.69) is 6.07 Å². The van der Waals surface area contributed by atoms with E-state index in [-0.39, 0.29) is 5.91 Å². The summed E-state index contributed by atoms with van der Waals surface area (Å²) in [6.45, 7) is 0.679. The summed E-state index contributed by atoms with van der Waals surface area (Å²) in [5.41, 5.74) is 3.34. The van der Waals surface area contributed by atoms with Gasteiger partial charge in [0.05, 0.1) is 11.6 Å². The van der Waals surface area contributed by atoms with E-state index in [1.807, 2.05) is 42.5 Å². The molecular formula is C16H12N2O. The summed E-state index contributed by atoms with van der Waals surface area (Å²) in [6, 6.07) is 16.9.